The molecular weight excluding hydrogens is 208 g/mol. The van der Waals surface area contributed by atoms with Gasteiger partial charge in [0.25, 0.3) is 0 Å². The fraction of sp³-hybridized carbons (Fsp3) is 0.727. The summed E-state index contributed by atoms with van der Waals surface area (Å²) in [5, 5.41) is 0. The summed E-state index contributed by atoms with van der Waals surface area (Å²) in [6.07, 6.45) is 3.52. The molecule has 2 rings (SSSR count). The molecule has 0 radical (unpaired) electrons. The molecule has 5 nitrogen and oxygen atoms in total. The highest BCUT2D eigenvalue weighted by molar-refractivity contribution is 5.87. The van der Waals surface area contributed by atoms with Gasteiger partial charge in [0, 0.05) is 38.5 Å². The van der Waals surface area contributed by atoms with Crippen molar-refractivity contribution in [3.63, 3.8) is 0 Å². The van der Waals surface area contributed by atoms with Gasteiger partial charge in [0.2, 0.25) is 5.91 Å². The Hall–Kier alpha value is -1.07. The largest absolute Gasteiger partial charge is 0.378 e. The van der Waals surface area contributed by atoms with Crippen LogP contribution in [0.1, 0.15) is 0 Å². The Morgan fingerprint density at radius 2 is 1.50 bits per heavy atom. The van der Waals surface area contributed by atoms with E-state index in [1.165, 1.54) is 0 Å². The van der Waals surface area contributed by atoms with Crippen molar-refractivity contribution in [2.75, 3.05) is 52.6 Å². The summed E-state index contributed by atoms with van der Waals surface area (Å²) in [5.74, 6) is 0.0785. The van der Waals surface area contributed by atoms with Gasteiger partial charge in [0.05, 0.1) is 26.4 Å². The molecule has 90 valence electrons. The van der Waals surface area contributed by atoms with E-state index < -0.39 is 0 Å². The molecule has 5 heteroatoms. The monoisotopic (exact) mass is 226 g/mol. The number of amides is 1. The van der Waals surface area contributed by atoms with Crippen LogP contribution in [0.3, 0.4) is 0 Å². The van der Waals surface area contributed by atoms with Gasteiger partial charge in [-0.2, -0.15) is 0 Å². The van der Waals surface area contributed by atoms with Crippen molar-refractivity contribution in [2.45, 2.75) is 0 Å². The van der Waals surface area contributed by atoms with Crippen molar-refractivity contribution in [2.24, 2.45) is 0 Å². The molecule has 2 saturated heterocycles. The van der Waals surface area contributed by atoms with Crippen molar-refractivity contribution < 1.29 is 14.3 Å². The van der Waals surface area contributed by atoms with E-state index in [0.717, 1.165) is 26.3 Å². The zero-order chi connectivity index (χ0) is 11.2. The Kier molecular flexibility index (Phi) is 4.18. The van der Waals surface area contributed by atoms with Crippen molar-refractivity contribution in [1.29, 1.82) is 0 Å². The molecule has 0 aromatic rings. The van der Waals surface area contributed by atoms with Gasteiger partial charge in [-0.05, 0) is 0 Å². The molecule has 2 fully saturated rings. The summed E-state index contributed by atoms with van der Waals surface area (Å²) < 4.78 is 10.4. The Balaban J connectivity index is 1.78. The van der Waals surface area contributed by atoms with E-state index in [4.69, 9.17) is 9.47 Å². The summed E-state index contributed by atoms with van der Waals surface area (Å²) in [7, 11) is 0. The third-order valence-corrected chi connectivity index (χ3v) is 2.80. The van der Waals surface area contributed by atoms with Crippen molar-refractivity contribution in [1.82, 2.24) is 9.80 Å². The van der Waals surface area contributed by atoms with E-state index in [9.17, 15) is 4.79 Å². The second-order valence-corrected chi connectivity index (χ2v) is 3.90. The second-order valence-electron chi connectivity index (χ2n) is 3.90. The van der Waals surface area contributed by atoms with Crippen LogP contribution in [0.5, 0.6) is 0 Å². The normalized spacial score (nSPS) is 22.8. The van der Waals surface area contributed by atoms with Crippen LogP contribution in [0.25, 0.3) is 0 Å². The molecule has 0 aromatic carbocycles. The topological polar surface area (TPSA) is 42.0 Å². The summed E-state index contributed by atoms with van der Waals surface area (Å²) >= 11 is 0. The molecule has 0 aromatic heterocycles. The SMILES string of the molecule is O=C(/C=C/N1CCOCC1)N1CCOCC1. The average molecular weight is 226 g/mol. The number of morpholine rings is 2. The highest BCUT2D eigenvalue weighted by Crippen LogP contribution is 2.01. The first kappa shape index (κ1) is 11.4. The molecule has 0 aliphatic carbocycles. The van der Waals surface area contributed by atoms with Crippen molar-refractivity contribution in [3.8, 4) is 0 Å². The van der Waals surface area contributed by atoms with Gasteiger partial charge >= 0.3 is 0 Å². The van der Waals surface area contributed by atoms with E-state index >= 15 is 0 Å². The summed E-state index contributed by atoms with van der Waals surface area (Å²) in [6, 6.07) is 0. The predicted octanol–water partition coefficient (Wildman–Crippen LogP) is -0.309. The van der Waals surface area contributed by atoms with Crippen LogP contribution in [0, 0.1) is 0 Å². The maximum atomic E-state index is 11.8. The number of hydrogen-bond donors (Lipinski definition) is 0. The Bertz CT molecular complexity index is 256. The summed E-state index contributed by atoms with van der Waals surface area (Å²) in [4.78, 5) is 15.7. The van der Waals surface area contributed by atoms with E-state index in [1.54, 1.807) is 6.08 Å². The zero-order valence-electron chi connectivity index (χ0n) is 9.43. The Morgan fingerprint density at radius 3 is 2.12 bits per heavy atom. The van der Waals surface area contributed by atoms with E-state index in [0.29, 0.717) is 26.3 Å². The summed E-state index contributed by atoms with van der Waals surface area (Å²) in [6.45, 7) is 5.93. The Labute approximate surface area is 95.6 Å². The number of carbonyl (C=O) groups excluding carboxylic acids is 1. The first-order valence-electron chi connectivity index (χ1n) is 5.73. The maximum Gasteiger partial charge on any atom is 0.248 e. The van der Waals surface area contributed by atoms with Gasteiger partial charge in [-0.25, -0.2) is 0 Å². The van der Waals surface area contributed by atoms with Crippen LogP contribution in [0.4, 0.5) is 0 Å². The molecular formula is C11H18N2O3. The second kappa shape index (κ2) is 5.86. The molecule has 16 heavy (non-hydrogen) atoms. The lowest BCUT2D eigenvalue weighted by molar-refractivity contribution is -0.130. The number of rotatable bonds is 2. The van der Waals surface area contributed by atoms with Gasteiger partial charge < -0.3 is 19.3 Å². The van der Waals surface area contributed by atoms with Gasteiger partial charge in [0.1, 0.15) is 0 Å². The first-order valence-corrected chi connectivity index (χ1v) is 5.73. The van der Waals surface area contributed by atoms with Gasteiger partial charge in [0.15, 0.2) is 0 Å². The highest BCUT2D eigenvalue weighted by Gasteiger charge is 2.14. The van der Waals surface area contributed by atoms with Crippen LogP contribution in [0.2, 0.25) is 0 Å². The quantitative estimate of drug-likeness (QED) is 0.606. The van der Waals surface area contributed by atoms with E-state index in [-0.39, 0.29) is 5.91 Å². The minimum atomic E-state index is 0.0785. The maximum absolute atomic E-state index is 11.8. The van der Waals surface area contributed by atoms with Crippen LogP contribution in [0.15, 0.2) is 12.3 Å². The fourth-order valence-electron chi connectivity index (χ4n) is 1.78. The molecule has 0 spiro atoms. The molecule has 0 unspecified atom stereocenters. The number of nitrogens with zero attached hydrogens (tertiary/aromatic N) is 2. The molecule has 2 heterocycles. The summed E-state index contributed by atoms with van der Waals surface area (Å²) in [5.41, 5.74) is 0. The van der Waals surface area contributed by atoms with Gasteiger partial charge in [-0.3, -0.25) is 4.79 Å². The van der Waals surface area contributed by atoms with E-state index in [1.807, 2.05) is 11.1 Å². The highest BCUT2D eigenvalue weighted by atomic mass is 16.5. The predicted molar refractivity (Wildman–Crippen MR) is 58.9 cm³/mol. The average Bonchev–Trinajstić information content (AvgIpc) is 2.38. The van der Waals surface area contributed by atoms with Crippen molar-refractivity contribution in [3.05, 3.63) is 12.3 Å². The Morgan fingerprint density at radius 1 is 0.938 bits per heavy atom. The van der Waals surface area contributed by atoms with Crippen LogP contribution < -0.4 is 0 Å². The molecule has 0 atom stereocenters. The van der Waals surface area contributed by atoms with Gasteiger partial charge in [-0.1, -0.05) is 0 Å². The smallest absolute Gasteiger partial charge is 0.248 e. The molecule has 0 saturated carbocycles. The fourth-order valence-corrected chi connectivity index (χ4v) is 1.78. The number of ether oxygens (including phenoxy) is 2. The minimum absolute atomic E-state index is 0.0785. The van der Waals surface area contributed by atoms with Gasteiger partial charge in [-0.15, -0.1) is 0 Å². The van der Waals surface area contributed by atoms with Crippen LogP contribution in [-0.2, 0) is 14.3 Å². The minimum Gasteiger partial charge on any atom is -0.378 e. The van der Waals surface area contributed by atoms with Crippen molar-refractivity contribution >= 4 is 5.91 Å². The standard InChI is InChI=1S/C11H18N2O3/c14-11(13-5-9-16-10-6-13)1-2-12-3-7-15-8-4-12/h1-2H,3-10H2/b2-1+. The molecule has 2 aliphatic heterocycles. The molecule has 2 aliphatic rings. The third-order valence-electron chi connectivity index (χ3n) is 2.80. The molecule has 0 N–H and O–H groups in total. The lowest BCUT2D eigenvalue weighted by Crippen LogP contribution is -2.40. The third kappa shape index (κ3) is 3.21. The zero-order valence-corrected chi connectivity index (χ0v) is 9.43. The van der Waals surface area contributed by atoms with E-state index in [2.05, 4.69) is 4.90 Å². The van der Waals surface area contributed by atoms with Crippen LogP contribution >= 0.6 is 0 Å². The molecule has 1 amide bonds. The number of hydrogen-bond acceptors (Lipinski definition) is 4. The number of carbonyl (C=O) groups is 1. The first-order chi connectivity index (χ1) is 7.86. The lowest BCUT2D eigenvalue weighted by Gasteiger charge is -2.27. The lowest BCUT2D eigenvalue weighted by atomic mass is 10.3. The van der Waals surface area contributed by atoms with Crippen LogP contribution in [-0.4, -0.2) is 68.3 Å². The molecule has 0 bridgehead atoms.